The van der Waals surface area contributed by atoms with Gasteiger partial charge in [0.25, 0.3) is 0 Å². The van der Waals surface area contributed by atoms with Crippen LogP contribution in [-0.4, -0.2) is 24.3 Å². The van der Waals surface area contributed by atoms with Gasteiger partial charge in [-0.05, 0) is 30.5 Å². The van der Waals surface area contributed by atoms with E-state index in [4.69, 9.17) is 5.11 Å². The summed E-state index contributed by atoms with van der Waals surface area (Å²) >= 11 is 0. The molecule has 1 aromatic rings. The second kappa shape index (κ2) is 4.71. The number of benzene rings is 1. The largest absolute Gasteiger partial charge is 0.395 e. The molecule has 17 heavy (non-hydrogen) atoms. The lowest BCUT2D eigenvalue weighted by atomic mass is 10.1. The van der Waals surface area contributed by atoms with Crippen LogP contribution in [0.2, 0.25) is 0 Å². The van der Waals surface area contributed by atoms with Crippen LogP contribution in [0.1, 0.15) is 18.4 Å². The van der Waals surface area contributed by atoms with Crippen LogP contribution in [-0.2, 0) is 5.54 Å². The van der Waals surface area contributed by atoms with E-state index < -0.39 is 5.54 Å². The number of aliphatic hydroxyl groups is 1. The Morgan fingerprint density at radius 2 is 2.24 bits per heavy atom. The maximum absolute atomic E-state index is 13.1. The number of aliphatic hydroxyl groups excluding tert-OH is 1. The number of amides is 2. The van der Waals surface area contributed by atoms with E-state index in [1.54, 1.807) is 6.07 Å². The molecular weight excluding hydrogens is 223 g/mol. The molecule has 0 unspecified atom stereocenters. The molecule has 0 saturated heterocycles. The average molecular weight is 238 g/mol. The first-order valence-electron chi connectivity index (χ1n) is 5.59. The highest BCUT2D eigenvalue weighted by molar-refractivity contribution is 5.75. The summed E-state index contributed by atoms with van der Waals surface area (Å²) in [5.74, 6) is -0.300. The molecule has 5 heteroatoms. The minimum absolute atomic E-state index is 0.0968. The van der Waals surface area contributed by atoms with Crippen LogP contribution in [0, 0.1) is 5.82 Å². The third-order valence-electron chi connectivity index (χ3n) is 2.88. The van der Waals surface area contributed by atoms with Crippen molar-refractivity contribution in [2.75, 3.05) is 13.2 Å². The molecule has 0 aliphatic heterocycles. The number of carbonyl (C=O) groups is 1. The molecule has 3 N–H and O–H groups in total. The first kappa shape index (κ1) is 11.9. The summed E-state index contributed by atoms with van der Waals surface area (Å²) in [6.07, 6.45) is 1.62. The van der Waals surface area contributed by atoms with E-state index in [0.29, 0.717) is 0 Å². The molecule has 0 radical (unpaired) electrons. The monoisotopic (exact) mass is 238 g/mol. The summed E-state index contributed by atoms with van der Waals surface area (Å²) < 4.78 is 13.1. The van der Waals surface area contributed by atoms with Gasteiger partial charge in [0.2, 0.25) is 0 Å². The zero-order chi connectivity index (χ0) is 12.3. The van der Waals surface area contributed by atoms with Gasteiger partial charge in [-0.3, -0.25) is 0 Å². The molecule has 1 aliphatic carbocycles. The molecule has 92 valence electrons. The van der Waals surface area contributed by atoms with Gasteiger partial charge < -0.3 is 15.7 Å². The maximum Gasteiger partial charge on any atom is 0.315 e. The Morgan fingerprint density at radius 1 is 1.47 bits per heavy atom. The van der Waals surface area contributed by atoms with Crippen molar-refractivity contribution in [3.63, 3.8) is 0 Å². The Bertz CT molecular complexity index is 419. The molecule has 0 atom stereocenters. The zero-order valence-electron chi connectivity index (χ0n) is 9.37. The summed E-state index contributed by atoms with van der Waals surface area (Å²) in [7, 11) is 0. The molecule has 0 bridgehead atoms. The fourth-order valence-electron chi connectivity index (χ4n) is 1.83. The lowest BCUT2D eigenvalue weighted by Crippen LogP contribution is -2.43. The Hall–Kier alpha value is -1.62. The number of hydrogen-bond donors (Lipinski definition) is 3. The summed E-state index contributed by atoms with van der Waals surface area (Å²) in [6.45, 7) is 0.117. The zero-order valence-corrected chi connectivity index (χ0v) is 9.37. The Morgan fingerprint density at radius 3 is 2.82 bits per heavy atom. The van der Waals surface area contributed by atoms with E-state index in [0.717, 1.165) is 18.4 Å². The van der Waals surface area contributed by atoms with Crippen molar-refractivity contribution in [3.05, 3.63) is 35.6 Å². The highest BCUT2D eigenvalue weighted by Crippen LogP contribution is 2.45. The minimum Gasteiger partial charge on any atom is -0.395 e. The minimum atomic E-state index is -0.429. The fraction of sp³-hybridized carbons (Fsp3) is 0.417. The van der Waals surface area contributed by atoms with Gasteiger partial charge in [0.1, 0.15) is 5.82 Å². The Balaban J connectivity index is 2.02. The normalized spacial score (nSPS) is 16.4. The molecule has 1 aromatic carbocycles. The van der Waals surface area contributed by atoms with Crippen molar-refractivity contribution in [2.24, 2.45) is 0 Å². The van der Waals surface area contributed by atoms with Crippen LogP contribution in [0.15, 0.2) is 24.3 Å². The van der Waals surface area contributed by atoms with Crippen molar-refractivity contribution in [1.82, 2.24) is 10.6 Å². The summed E-state index contributed by atoms with van der Waals surface area (Å²) in [5, 5.41) is 13.9. The van der Waals surface area contributed by atoms with Crippen LogP contribution in [0.3, 0.4) is 0 Å². The summed E-state index contributed by atoms with van der Waals surface area (Å²) in [4.78, 5) is 11.5. The van der Waals surface area contributed by atoms with Gasteiger partial charge in [0.15, 0.2) is 0 Å². The second-order valence-electron chi connectivity index (χ2n) is 4.20. The lowest BCUT2D eigenvalue weighted by Gasteiger charge is -2.18. The third kappa shape index (κ3) is 2.74. The van der Waals surface area contributed by atoms with Gasteiger partial charge in [-0.1, -0.05) is 12.1 Å². The maximum atomic E-state index is 13.1. The van der Waals surface area contributed by atoms with Crippen molar-refractivity contribution in [3.8, 4) is 0 Å². The van der Waals surface area contributed by atoms with E-state index >= 15 is 0 Å². The molecule has 1 fully saturated rings. The summed E-state index contributed by atoms with van der Waals surface area (Å²) in [6, 6.07) is 5.94. The van der Waals surface area contributed by atoms with E-state index in [1.807, 2.05) is 6.07 Å². The molecule has 0 aromatic heterocycles. The van der Waals surface area contributed by atoms with Crippen molar-refractivity contribution < 1.29 is 14.3 Å². The fourth-order valence-corrected chi connectivity index (χ4v) is 1.83. The van der Waals surface area contributed by atoms with Gasteiger partial charge in [0.05, 0.1) is 12.1 Å². The Kier molecular flexibility index (Phi) is 3.28. The molecule has 2 amide bonds. The smallest absolute Gasteiger partial charge is 0.315 e. The Labute approximate surface area is 98.8 Å². The van der Waals surface area contributed by atoms with Crippen LogP contribution in [0.25, 0.3) is 0 Å². The third-order valence-corrected chi connectivity index (χ3v) is 2.88. The average Bonchev–Trinajstić information content (AvgIpc) is 3.07. The van der Waals surface area contributed by atoms with Crippen molar-refractivity contribution >= 4 is 6.03 Å². The van der Waals surface area contributed by atoms with Gasteiger partial charge in [-0.2, -0.15) is 0 Å². The molecule has 1 saturated carbocycles. The topological polar surface area (TPSA) is 61.4 Å². The summed E-state index contributed by atoms with van der Waals surface area (Å²) in [5.41, 5.74) is 0.360. The highest BCUT2D eigenvalue weighted by Gasteiger charge is 2.45. The predicted molar refractivity (Wildman–Crippen MR) is 60.9 cm³/mol. The standard InChI is InChI=1S/C12H15FN2O2/c13-10-3-1-2-9(8-10)12(4-5-12)15-11(17)14-6-7-16/h1-3,8,16H,4-7H2,(H2,14,15,17). The van der Waals surface area contributed by atoms with Crippen LogP contribution < -0.4 is 10.6 Å². The second-order valence-corrected chi connectivity index (χ2v) is 4.20. The molecule has 2 rings (SSSR count). The molecule has 1 aliphatic rings. The van der Waals surface area contributed by atoms with Crippen molar-refractivity contribution in [1.29, 1.82) is 0 Å². The molecule has 0 spiro atoms. The number of carbonyl (C=O) groups excluding carboxylic acids is 1. The van der Waals surface area contributed by atoms with E-state index in [9.17, 15) is 9.18 Å². The number of halogens is 1. The first-order chi connectivity index (χ1) is 8.16. The van der Waals surface area contributed by atoms with Crippen molar-refractivity contribution in [2.45, 2.75) is 18.4 Å². The van der Waals surface area contributed by atoms with Crippen LogP contribution >= 0.6 is 0 Å². The number of nitrogens with one attached hydrogen (secondary N) is 2. The van der Waals surface area contributed by atoms with Crippen LogP contribution in [0.5, 0.6) is 0 Å². The molecule has 4 nitrogen and oxygen atoms in total. The molecule has 0 heterocycles. The predicted octanol–water partition coefficient (Wildman–Crippen LogP) is 1.11. The molecular formula is C12H15FN2O2. The number of rotatable bonds is 4. The van der Waals surface area contributed by atoms with Crippen LogP contribution in [0.4, 0.5) is 9.18 Å². The van der Waals surface area contributed by atoms with Gasteiger partial charge in [-0.15, -0.1) is 0 Å². The quantitative estimate of drug-likeness (QED) is 0.735. The van der Waals surface area contributed by atoms with E-state index in [2.05, 4.69) is 10.6 Å². The van der Waals surface area contributed by atoms with E-state index in [-0.39, 0.29) is 25.0 Å². The highest BCUT2D eigenvalue weighted by atomic mass is 19.1. The van der Waals surface area contributed by atoms with Gasteiger partial charge in [0, 0.05) is 6.54 Å². The lowest BCUT2D eigenvalue weighted by molar-refractivity contribution is 0.229. The first-order valence-corrected chi connectivity index (χ1v) is 5.59. The number of hydrogen-bond acceptors (Lipinski definition) is 2. The van der Waals surface area contributed by atoms with E-state index in [1.165, 1.54) is 12.1 Å². The van der Waals surface area contributed by atoms with Gasteiger partial charge in [-0.25, -0.2) is 9.18 Å². The van der Waals surface area contributed by atoms with Gasteiger partial charge >= 0.3 is 6.03 Å². The number of urea groups is 1. The SMILES string of the molecule is O=C(NCCO)NC1(c2cccc(F)c2)CC1.